The summed E-state index contributed by atoms with van der Waals surface area (Å²) in [5.41, 5.74) is 1.06. The zero-order chi connectivity index (χ0) is 20.5. The molecule has 2 aromatic rings. The van der Waals surface area contributed by atoms with Gasteiger partial charge in [0.15, 0.2) is 6.61 Å². The van der Waals surface area contributed by atoms with Gasteiger partial charge in [0, 0.05) is 5.56 Å². The lowest BCUT2D eigenvalue weighted by atomic mass is 10.2. The second kappa shape index (κ2) is 10.1. The third kappa shape index (κ3) is 6.39. The van der Waals surface area contributed by atoms with Crippen LogP contribution in [0, 0.1) is 12.7 Å². The highest BCUT2D eigenvalue weighted by atomic mass is 19.1. The van der Waals surface area contributed by atoms with Gasteiger partial charge in [-0.25, -0.2) is 4.39 Å². The molecule has 0 saturated carbocycles. The Hall–Kier alpha value is -3.42. The van der Waals surface area contributed by atoms with E-state index in [0.717, 1.165) is 0 Å². The van der Waals surface area contributed by atoms with Crippen LogP contribution in [0.3, 0.4) is 0 Å². The van der Waals surface area contributed by atoms with Crippen LogP contribution >= 0.6 is 0 Å². The van der Waals surface area contributed by atoms with E-state index in [2.05, 4.69) is 10.6 Å². The lowest BCUT2D eigenvalue weighted by molar-refractivity contribution is -0.146. The molecule has 0 bridgehead atoms. The van der Waals surface area contributed by atoms with E-state index in [-0.39, 0.29) is 5.69 Å². The van der Waals surface area contributed by atoms with Crippen molar-refractivity contribution in [3.05, 3.63) is 59.4 Å². The molecule has 28 heavy (non-hydrogen) atoms. The Kier molecular flexibility index (Phi) is 7.50. The summed E-state index contributed by atoms with van der Waals surface area (Å²) in [7, 11) is 0. The third-order valence-electron chi connectivity index (χ3n) is 3.58. The van der Waals surface area contributed by atoms with E-state index in [1.165, 1.54) is 12.1 Å². The molecule has 8 heteroatoms. The van der Waals surface area contributed by atoms with Crippen LogP contribution < -0.4 is 15.4 Å². The standard InChI is InChI=1S/C20H21FN2O5/c1-3-27-15-7-5-14(6-8-15)20(26)22-11-19(25)28-12-18(24)23-17-9-4-13(2)10-16(17)21/h4-10H,3,11-12H2,1-2H3,(H,22,26)(H,23,24). The molecule has 2 aromatic carbocycles. The molecular formula is C20H21FN2O5. The first-order chi connectivity index (χ1) is 13.4. The minimum Gasteiger partial charge on any atom is -0.494 e. The lowest BCUT2D eigenvalue weighted by Crippen LogP contribution is -2.32. The molecule has 0 fully saturated rings. The SMILES string of the molecule is CCOc1ccc(C(=O)NCC(=O)OCC(=O)Nc2ccc(C)cc2F)cc1. The quantitative estimate of drug-likeness (QED) is 0.678. The lowest BCUT2D eigenvalue weighted by Gasteiger charge is -2.09. The fraction of sp³-hybridized carbons (Fsp3) is 0.250. The topological polar surface area (TPSA) is 93.7 Å². The maximum Gasteiger partial charge on any atom is 0.325 e. The van der Waals surface area contributed by atoms with Gasteiger partial charge in [0.2, 0.25) is 0 Å². The zero-order valence-corrected chi connectivity index (χ0v) is 15.6. The van der Waals surface area contributed by atoms with E-state index in [4.69, 9.17) is 9.47 Å². The number of benzene rings is 2. The second-order valence-corrected chi connectivity index (χ2v) is 5.83. The number of anilines is 1. The molecule has 0 aliphatic heterocycles. The van der Waals surface area contributed by atoms with E-state index in [1.54, 1.807) is 37.3 Å². The van der Waals surface area contributed by atoms with Crippen LogP contribution in [0.25, 0.3) is 0 Å². The van der Waals surface area contributed by atoms with Crippen LogP contribution in [0.2, 0.25) is 0 Å². The molecule has 2 N–H and O–H groups in total. The molecule has 148 valence electrons. The van der Waals surface area contributed by atoms with Crippen LogP contribution in [-0.2, 0) is 14.3 Å². The highest BCUT2D eigenvalue weighted by molar-refractivity contribution is 5.96. The third-order valence-corrected chi connectivity index (χ3v) is 3.58. The van der Waals surface area contributed by atoms with Crippen molar-refractivity contribution in [2.45, 2.75) is 13.8 Å². The average molecular weight is 388 g/mol. The predicted molar refractivity (Wildman–Crippen MR) is 101 cm³/mol. The van der Waals surface area contributed by atoms with Crippen molar-refractivity contribution < 1.29 is 28.2 Å². The molecule has 2 rings (SSSR count). The van der Waals surface area contributed by atoms with Crippen LogP contribution in [0.5, 0.6) is 5.75 Å². The van der Waals surface area contributed by atoms with Gasteiger partial charge in [0.05, 0.1) is 12.3 Å². The van der Waals surface area contributed by atoms with Crippen molar-refractivity contribution in [1.29, 1.82) is 0 Å². The van der Waals surface area contributed by atoms with E-state index >= 15 is 0 Å². The number of rotatable bonds is 8. The van der Waals surface area contributed by atoms with Crippen molar-refractivity contribution in [2.75, 3.05) is 25.1 Å². The number of amides is 2. The van der Waals surface area contributed by atoms with Crippen molar-refractivity contribution in [3.63, 3.8) is 0 Å². The van der Waals surface area contributed by atoms with Gasteiger partial charge in [-0.05, 0) is 55.8 Å². The Labute approximate surface area is 161 Å². The summed E-state index contributed by atoms with van der Waals surface area (Å²) in [6.07, 6.45) is 0. The van der Waals surface area contributed by atoms with Crippen molar-refractivity contribution in [2.24, 2.45) is 0 Å². The molecule has 0 aliphatic carbocycles. The molecule has 0 unspecified atom stereocenters. The summed E-state index contributed by atoms with van der Waals surface area (Å²) < 4.78 is 23.7. The fourth-order valence-electron chi connectivity index (χ4n) is 2.23. The maximum absolute atomic E-state index is 13.7. The van der Waals surface area contributed by atoms with E-state index in [0.29, 0.717) is 23.5 Å². The molecule has 0 radical (unpaired) electrons. The number of hydrogen-bond donors (Lipinski definition) is 2. The number of halogens is 1. The smallest absolute Gasteiger partial charge is 0.325 e. The molecule has 0 aromatic heterocycles. The molecule has 0 aliphatic rings. The monoisotopic (exact) mass is 388 g/mol. The number of aryl methyl sites for hydroxylation is 1. The minimum absolute atomic E-state index is 0.00421. The first-order valence-electron chi connectivity index (χ1n) is 8.61. The largest absolute Gasteiger partial charge is 0.494 e. The van der Waals surface area contributed by atoms with Crippen LogP contribution in [0.15, 0.2) is 42.5 Å². The summed E-state index contributed by atoms with van der Waals surface area (Å²) in [4.78, 5) is 35.4. The van der Waals surface area contributed by atoms with Gasteiger partial charge in [-0.2, -0.15) is 0 Å². The van der Waals surface area contributed by atoms with Gasteiger partial charge >= 0.3 is 5.97 Å². The molecule has 0 saturated heterocycles. The number of hydrogen-bond acceptors (Lipinski definition) is 5. The van der Waals surface area contributed by atoms with Gasteiger partial charge < -0.3 is 20.1 Å². The number of ether oxygens (including phenoxy) is 2. The summed E-state index contributed by atoms with van der Waals surface area (Å²) in [5, 5.41) is 4.70. The van der Waals surface area contributed by atoms with Gasteiger partial charge in [0.25, 0.3) is 11.8 Å². The molecule has 7 nitrogen and oxygen atoms in total. The molecule has 0 atom stereocenters. The number of nitrogens with one attached hydrogen (secondary N) is 2. The highest BCUT2D eigenvalue weighted by Gasteiger charge is 2.12. The summed E-state index contributed by atoms with van der Waals surface area (Å²) in [6.45, 7) is 3.09. The summed E-state index contributed by atoms with van der Waals surface area (Å²) in [5.74, 6) is -1.89. The van der Waals surface area contributed by atoms with Crippen LogP contribution in [0.4, 0.5) is 10.1 Å². The normalized spacial score (nSPS) is 10.1. The molecular weight excluding hydrogens is 367 g/mol. The number of carbonyl (C=O) groups is 3. The van der Waals surface area contributed by atoms with Gasteiger partial charge in [-0.1, -0.05) is 6.07 Å². The minimum atomic E-state index is -0.793. The molecule has 0 heterocycles. The van der Waals surface area contributed by atoms with Crippen LogP contribution in [0.1, 0.15) is 22.8 Å². The van der Waals surface area contributed by atoms with Gasteiger partial charge in [-0.3, -0.25) is 14.4 Å². The molecule has 2 amide bonds. The molecule has 0 spiro atoms. The van der Waals surface area contributed by atoms with Crippen molar-refractivity contribution in [1.82, 2.24) is 5.32 Å². The van der Waals surface area contributed by atoms with Gasteiger partial charge in [-0.15, -0.1) is 0 Å². The maximum atomic E-state index is 13.7. The Bertz CT molecular complexity index is 852. The fourth-order valence-corrected chi connectivity index (χ4v) is 2.23. The Morgan fingerprint density at radius 2 is 1.79 bits per heavy atom. The Morgan fingerprint density at radius 3 is 2.43 bits per heavy atom. The summed E-state index contributed by atoms with van der Waals surface area (Å²) in [6, 6.07) is 10.8. The van der Waals surface area contributed by atoms with Gasteiger partial charge in [0.1, 0.15) is 18.1 Å². The van der Waals surface area contributed by atoms with Crippen LogP contribution in [-0.4, -0.2) is 37.5 Å². The average Bonchev–Trinajstić information content (AvgIpc) is 2.67. The highest BCUT2D eigenvalue weighted by Crippen LogP contribution is 2.15. The Morgan fingerprint density at radius 1 is 1.07 bits per heavy atom. The van der Waals surface area contributed by atoms with Crippen molar-refractivity contribution in [3.8, 4) is 5.75 Å². The predicted octanol–water partition coefficient (Wildman–Crippen LogP) is 2.44. The Balaban J connectivity index is 1.74. The first kappa shape index (κ1) is 20.9. The van der Waals surface area contributed by atoms with E-state index in [9.17, 15) is 18.8 Å². The zero-order valence-electron chi connectivity index (χ0n) is 15.6. The number of carbonyl (C=O) groups excluding carboxylic acids is 3. The van der Waals surface area contributed by atoms with Crippen molar-refractivity contribution >= 4 is 23.5 Å². The first-order valence-corrected chi connectivity index (χ1v) is 8.61. The van der Waals surface area contributed by atoms with E-state index in [1.807, 2.05) is 6.92 Å². The second-order valence-electron chi connectivity index (χ2n) is 5.83. The van der Waals surface area contributed by atoms with E-state index < -0.39 is 36.8 Å². The summed E-state index contributed by atoms with van der Waals surface area (Å²) >= 11 is 0. The number of esters is 1.